The lowest BCUT2D eigenvalue weighted by Crippen LogP contribution is -2.47. The van der Waals surface area contributed by atoms with Crippen LogP contribution < -0.4 is 10.6 Å². The number of hydrogen-bond acceptors (Lipinski definition) is 5. The second-order valence-corrected chi connectivity index (χ2v) is 9.03. The zero-order valence-electron chi connectivity index (χ0n) is 17.3. The average Bonchev–Trinajstić information content (AvgIpc) is 2.95. The van der Waals surface area contributed by atoms with E-state index in [9.17, 15) is 9.59 Å². The minimum Gasteiger partial charge on any atom is -0.344 e. The molecule has 1 saturated heterocycles. The molecule has 1 atom stereocenters. The second-order valence-electron chi connectivity index (χ2n) is 7.90. The maximum absolute atomic E-state index is 13.1. The molecular weight excluding hydrogens is 396 g/mol. The molecule has 6 nitrogen and oxygen atoms in total. The first-order valence-corrected chi connectivity index (χ1v) is 11.4. The number of benzene rings is 2. The Balaban J connectivity index is 1.51. The number of piperazine rings is 1. The highest BCUT2D eigenvalue weighted by atomic mass is 32.2. The molecule has 7 heteroatoms. The predicted molar refractivity (Wildman–Crippen MR) is 121 cm³/mol. The summed E-state index contributed by atoms with van der Waals surface area (Å²) in [6.45, 7) is 4.85. The van der Waals surface area contributed by atoms with Crippen molar-refractivity contribution in [2.75, 3.05) is 50.8 Å². The van der Waals surface area contributed by atoms with Crippen molar-refractivity contribution < 1.29 is 9.59 Å². The summed E-state index contributed by atoms with van der Waals surface area (Å²) < 4.78 is 0. The standard InChI is InChI=1S/C23H28N4O2S/c1-26-10-12-27(13-11-26)16-20(17-5-3-2-4-6-17)25-23(29)18-7-8-21-19(15-18)24-22(28)9-14-30-21/h2-8,15,20H,9-14,16H2,1H3,(H,24,28)(H,25,29). The third-order valence-electron chi connectivity index (χ3n) is 5.65. The van der Waals surface area contributed by atoms with Gasteiger partial charge in [0.15, 0.2) is 0 Å². The lowest BCUT2D eigenvalue weighted by Gasteiger charge is -2.35. The van der Waals surface area contributed by atoms with Crippen LogP contribution in [0.2, 0.25) is 0 Å². The molecule has 2 N–H and O–H groups in total. The maximum atomic E-state index is 13.1. The lowest BCUT2D eigenvalue weighted by atomic mass is 10.0. The van der Waals surface area contributed by atoms with Crippen LogP contribution >= 0.6 is 11.8 Å². The van der Waals surface area contributed by atoms with Crippen molar-refractivity contribution in [1.29, 1.82) is 0 Å². The van der Waals surface area contributed by atoms with Crippen molar-refractivity contribution in [3.8, 4) is 0 Å². The predicted octanol–water partition coefficient (Wildman–Crippen LogP) is 2.84. The van der Waals surface area contributed by atoms with E-state index in [1.54, 1.807) is 17.8 Å². The molecule has 4 rings (SSSR count). The van der Waals surface area contributed by atoms with Gasteiger partial charge in [0.05, 0.1) is 11.7 Å². The van der Waals surface area contributed by atoms with Crippen LogP contribution in [0.25, 0.3) is 0 Å². The number of thioether (sulfide) groups is 1. The molecule has 2 aliphatic rings. The fraction of sp³-hybridized carbons (Fsp3) is 0.391. The molecule has 2 heterocycles. The summed E-state index contributed by atoms with van der Waals surface area (Å²) in [5.74, 6) is 0.631. The van der Waals surface area contributed by atoms with E-state index < -0.39 is 0 Å². The molecule has 0 aliphatic carbocycles. The van der Waals surface area contributed by atoms with Crippen LogP contribution in [-0.4, -0.2) is 67.1 Å². The summed E-state index contributed by atoms with van der Waals surface area (Å²) >= 11 is 1.64. The van der Waals surface area contributed by atoms with Crippen molar-refractivity contribution in [2.45, 2.75) is 17.4 Å². The first-order chi connectivity index (χ1) is 14.6. The molecule has 0 aromatic heterocycles. The van der Waals surface area contributed by atoms with E-state index in [1.165, 1.54) is 0 Å². The highest BCUT2D eigenvalue weighted by molar-refractivity contribution is 7.99. The van der Waals surface area contributed by atoms with Gasteiger partial charge in [0, 0.05) is 55.4 Å². The number of nitrogens with one attached hydrogen (secondary N) is 2. The molecule has 1 unspecified atom stereocenters. The Hall–Kier alpha value is -2.35. The minimum absolute atomic E-state index is 0.00367. The summed E-state index contributed by atoms with van der Waals surface area (Å²) in [5.41, 5.74) is 2.39. The number of hydrogen-bond donors (Lipinski definition) is 2. The Morgan fingerprint density at radius 2 is 1.90 bits per heavy atom. The maximum Gasteiger partial charge on any atom is 0.251 e. The van der Waals surface area contributed by atoms with Crippen LogP contribution in [0.15, 0.2) is 53.4 Å². The van der Waals surface area contributed by atoms with Crippen LogP contribution in [0.3, 0.4) is 0 Å². The van der Waals surface area contributed by atoms with Crippen LogP contribution in [0.1, 0.15) is 28.4 Å². The highest BCUT2D eigenvalue weighted by Crippen LogP contribution is 2.31. The molecule has 0 bridgehead atoms. The van der Waals surface area contributed by atoms with Crippen molar-refractivity contribution in [3.63, 3.8) is 0 Å². The monoisotopic (exact) mass is 424 g/mol. The smallest absolute Gasteiger partial charge is 0.251 e. The first-order valence-electron chi connectivity index (χ1n) is 10.4. The Bertz CT molecular complexity index is 897. The van der Waals surface area contributed by atoms with Gasteiger partial charge in [-0.25, -0.2) is 0 Å². The molecular formula is C23H28N4O2S. The lowest BCUT2D eigenvalue weighted by molar-refractivity contribution is -0.115. The van der Waals surface area contributed by atoms with Gasteiger partial charge >= 0.3 is 0 Å². The van der Waals surface area contributed by atoms with Gasteiger partial charge < -0.3 is 15.5 Å². The van der Waals surface area contributed by atoms with Gasteiger partial charge in [-0.2, -0.15) is 0 Å². The summed E-state index contributed by atoms with van der Waals surface area (Å²) in [6, 6.07) is 15.6. The quantitative estimate of drug-likeness (QED) is 0.773. The molecule has 2 aliphatic heterocycles. The second kappa shape index (κ2) is 9.64. The number of carbonyl (C=O) groups is 2. The van der Waals surface area contributed by atoms with Crippen LogP contribution in [0.4, 0.5) is 5.69 Å². The van der Waals surface area contributed by atoms with Gasteiger partial charge in [0.2, 0.25) is 5.91 Å². The topological polar surface area (TPSA) is 64.7 Å². The summed E-state index contributed by atoms with van der Waals surface area (Å²) in [5, 5.41) is 6.15. The Labute approximate surface area is 182 Å². The van der Waals surface area contributed by atoms with Gasteiger partial charge in [-0.3, -0.25) is 14.5 Å². The van der Waals surface area contributed by atoms with E-state index in [-0.39, 0.29) is 17.9 Å². The van der Waals surface area contributed by atoms with E-state index in [0.29, 0.717) is 12.0 Å². The summed E-state index contributed by atoms with van der Waals surface area (Å²) in [4.78, 5) is 30.8. The number of anilines is 1. The molecule has 0 radical (unpaired) electrons. The van der Waals surface area contributed by atoms with E-state index >= 15 is 0 Å². The van der Waals surface area contributed by atoms with Crippen molar-refractivity contribution in [3.05, 3.63) is 59.7 Å². The fourth-order valence-electron chi connectivity index (χ4n) is 3.81. The summed E-state index contributed by atoms with van der Waals surface area (Å²) in [6.07, 6.45) is 0.488. The third kappa shape index (κ3) is 5.22. The fourth-order valence-corrected chi connectivity index (χ4v) is 4.75. The van der Waals surface area contributed by atoms with Crippen molar-refractivity contribution in [2.24, 2.45) is 0 Å². The van der Waals surface area contributed by atoms with Gasteiger partial charge in [0.25, 0.3) is 5.91 Å². The van der Waals surface area contributed by atoms with E-state index in [2.05, 4.69) is 39.6 Å². The molecule has 2 amide bonds. The van der Waals surface area contributed by atoms with Gasteiger partial charge in [0.1, 0.15) is 0 Å². The number of nitrogens with zero attached hydrogens (tertiary/aromatic N) is 2. The van der Waals surface area contributed by atoms with Crippen LogP contribution in [0.5, 0.6) is 0 Å². The van der Waals surface area contributed by atoms with E-state index in [4.69, 9.17) is 0 Å². The van der Waals surface area contributed by atoms with Crippen LogP contribution in [-0.2, 0) is 4.79 Å². The zero-order chi connectivity index (χ0) is 20.9. The first kappa shape index (κ1) is 20.9. The number of amides is 2. The highest BCUT2D eigenvalue weighted by Gasteiger charge is 2.22. The Morgan fingerprint density at radius 3 is 2.67 bits per heavy atom. The molecule has 30 heavy (non-hydrogen) atoms. The van der Waals surface area contributed by atoms with Gasteiger partial charge in [-0.15, -0.1) is 11.8 Å². The molecule has 2 aromatic carbocycles. The molecule has 158 valence electrons. The van der Waals surface area contributed by atoms with E-state index in [1.807, 2.05) is 30.3 Å². The molecule has 1 fully saturated rings. The molecule has 0 spiro atoms. The Morgan fingerprint density at radius 1 is 1.13 bits per heavy atom. The largest absolute Gasteiger partial charge is 0.344 e. The van der Waals surface area contributed by atoms with Gasteiger partial charge in [-0.05, 0) is 30.8 Å². The zero-order valence-corrected chi connectivity index (χ0v) is 18.1. The van der Waals surface area contributed by atoms with Crippen LogP contribution in [0, 0.1) is 0 Å². The normalized spacial score (nSPS) is 18.8. The number of rotatable bonds is 5. The summed E-state index contributed by atoms with van der Waals surface area (Å²) in [7, 11) is 2.14. The number of fused-ring (bicyclic) bond motifs is 1. The van der Waals surface area contributed by atoms with Gasteiger partial charge in [-0.1, -0.05) is 30.3 Å². The Kier molecular flexibility index (Phi) is 6.72. The SMILES string of the molecule is CN1CCN(CC(NC(=O)c2ccc3c(c2)NC(=O)CCS3)c2ccccc2)CC1. The third-order valence-corrected chi connectivity index (χ3v) is 6.72. The van der Waals surface area contributed by atoms with Crippen molar-refractivity contribution in [1.82, 2.24) is 15.1 Å². The van der Waals surface area contributed by atoms with E-state index in [0.717, 1.165) is 54.6 Å². The average molecular weight is 425 g/mol. The number of likely N-dealkylation sites (N-methyl/N-ethyl adjacent to an activating group) is 1. The minimum atomic E-state index is -0.121. The molecule has 0 saturated carbocycles. The van der Waals surface area contributed by atoms with Crippen molar-refractivity contribution >= 4 is 29.3 Å². The molecule has 2 aromatic rings. The number of carbonyl (C=O) groups excluding carboxylic acids is 2.